The van der Waals surface area contributed by atoms with Gasteiger partial charge in [0.05, 0.1) is 6.61 Å². The number of ether oxygens (including phenoxy) is 2. The zero-order valence-electron chi connectivity index (χ0n) is 32.6. The van der Waals surface area contributed by atoms with Crippen molar-refractivity contribution in [2.45, 2.75) is 140 Å². The molecule has 0 spiro atoms. The van der Waals surface area contributed by atoms with Gasteiger partial charge in [-0.2, -0.15) is 13.5 Å². The van der Waals surface area contributed by atoms with Gasteiger partial charge in [-0.25, -0.2) is 13.9 Å². The Labute approximate surface area is 372 Å². The number of aliphatic hydroxyl groups excluding tert-OH is 4. The molecule has 0 aromatic heterocycles. The summed E-state index contributed by atoms with van der Waals surface area (Å²) >= 11 is 0. The predicted octanol–water partition coefficient (Wildman–Crippen LogP) is 5.32. The van der Waals surface area contributed by atoms with Crippen LogP contribution < -0.4 is 0 Å². The third kappa shape index (κ3) is 26.9. The average molecular weight is 909 g/mol. The second-order valence-electron chi connectivity index (χ2n) is 12.7. The van der Waals surface area contributed by atoms with Crippen LogP contribution in [0, 0.1) is 83.4 Å². The molecule has 4 unspecified atom stereocenters. The van der Waals surface area contributed by atoms with E-state index in [1.165, 1.54) is 44.9 Å². The fourth-order valence-electron chi connectivity index (χ4n) is 5.20. The Morgan fingerprint density at radius 3 is 1.54 bits per heavy atom. The van der Waals surface area contributed by atoms with E-state index in [0.717, 1.165) is 32.1 Å². The summed E-state index contributed by atoms with van der Waals surface area (Å²) in [5.41, 5.74) is 0. The van der Waals surface area contributed by atoms with Crippen LogP contribution >= 0.6 is 29.1 Å². The van der Waals surface area contributed by atoms with E-state index >= 15 is 0 Å². The molecule has 19 heteroatoms. The molecular formula is C40H78O16P2S. The Kier molecular flexibility index (Phi) is 30.1. The number of carbonyl (C=O) groups is 2. The van der Waals surface area contributed by atoms with Crippen LogP contribution in [0.1, 0.15) is 115 Å². The Hall–Kier alpha value is -3.73. The zero-order valence-corrected chi connectivity index (χ0v) is 35.4. The van der Waals surface area contributed by atoms with Gasteiger partial charge in [0.1, 0.15) is 43.2 Å². The number of phosphoric ester groups is 2. The number of hydrogen-bond donors (Lipinski definition) is 7. The lowest BCUT2D eigenvalue weighted by Crippen LogP contribution is -2.64. The Balaban J connectivity index is -0.000000200. The molecule has 0 heterocycles. The largest absolute Gasteiger partial charge is 0.472 e. The summed E-state index contributed by atoms with van der Waals surface area (Å²) in [6.45, 7) is 0.506. The van der Waals surface area contributed by atoms with E-state index in [9.17, 15) is 44.0 Å². The van der Waals surface area contributed by atoms with E-state index in [4.69, 9.17) is 34.7 Å². The minimum atomic E-state index is -5.39. The second-order valence-corrected chi connectivity index (χ2v) is 15.3. The molecule has 0 aromatic carbocycles. The molecule has 0 amide bonds. The van der Waals surface area contributed by atoms with E-state index in [1.54, 1.807) is 0 Å². The molecule has 1 rings (SSSR count). The van der Waals surface area contributed by atoms with Gasteiger partial charge in [0.25, 0.3) is 0 Å². The lowest BCUT2D eigenvalue weighted by atomic mass is 9.85. The van der Waals surface area contributed by atoms with Crippen LogP contribution in [-0.4, -0.2) is 103 Å². The monoisotopic (exact) mass is 908 g/mol. The number of esters is 2. The molecular weight excluding hydrogens is 830 g/mol. The standard InChI is InChI=1S/C40H50O16P2.H2S.13H2/c1-3-5-7-9-11-13-15-17-19-21-23-25-27-29-34(42)54-32(30-52-33(41)28-26-24-22-20-18-16-14-12-10-8-6-4-2)31-53-58(50,51)56-40-37(45)35(43)36(44)39(38(40)46)55-57(47,48)49;;;;;;;;;;;;;;/h2,32,35-40,43-46H,3,5,7,9,11,13,15,17,19,21,23,25,27,29-31H2,1H3,(H,50,51)(H2,47,48,49);1H2;13*1H/t32-,35?,36-,37+,38?,39-,40?;;;;;;;;;;;;;;/m1............../s1. The topological polar surface area (TPSA) is 256 Å². The number of hydrogen-bond acceptors (Lipinski definition) is 13. The first kappa shape index (κ1) is 55.3. The van der Waals surface area contributed by atoms with E-state index in [2.05, 4.69) is 82.5 Å². The van der Waals surface area contributed by atoms with Crippen LogP contribution in [0.5, 0.6) is 0 Å². The maximum atomic E-state index is 12.9. The third-order valence-electron chi connectivity index (χ3n) is 8.03. The highest BCUT2D eigenvalue weighted by molar-refractivity contribution is 7.59. The van der Waals surface area contributed by atoms with Gasteiger partial charge in [-0.05, 0) is 77.5 Å². The maximum absolute atomic E-state index is 12.9. The average Bonchev–Trinajstić information content (AvgIpc) is 3.17. The molecule has 16 nitrogen and oxygen atoms in total. The Morgan fingerprint density at radius 2 is 1.07 bits per heavy atom. The molecule has 0 bridgehead atoms. The fraction of sp³-hybridized carbons (Fsp3) is 0.600. The molecule has 0 saturated heterocycles. The predicted molar refractivity (Wildman–Crippen MR) is 246 cm³/mol. The Morgan fingerprint density at radius 1 is 0.627 bits per heavy atom. The number of rotatable bonds is 24. The summed E-state index contributed by atoms with van der Waals surface area (Å²) in [6, 6.07) is 0. The first-order valence-electron chi connectivity index (χ1n) is 18.6. The maximum Gasteiger partial charge on any atom is 0.472 e. The highest BCUT2D eigenvalue weighted by Crippen LogP contribution is 2.49. The molecule has 59 heavy (non-hydrogen) atoms. The van der Waals surface area contributed by atoms with Crippen molar-refractivity contribution in [1.29, 1.82) is 0 Å². The number of carbonyl (C=O) groups excluding carboxylic acids is 2. The van der Waals surface area contributed by atoms with Crippen LogP contribution in [0.2, 0.25) is 0 Å². The smallest absolute Gasteiger partial charge is 0.456 e. The SMILES string of the molecule is C#CC#CC#CC#CC#CC#CC#CC(=O)OC[C@H](COP(=O)(O)OC1C(O)[C@H](OP(=O)(O)O)[C@H](O)C(O)[C@@H]1O)OC(=O)CCCCCCCCCCCCCCC.S.[HH].[HH].[HH].[HH].[HH].[HH].[HH].[HH].[HH].[HH].[HH].[HH].[HH]. The number of phosphoric acid groups is 2. The minimum Gasteiger partial charge on any atom is -0.456 e. The van der Waals surface area contributed by atoms with Crippen LogP contribution in [-0.2, 0) is 41.8 Å². The van der Waals surface area contributed by atoms with Crippen molar-refractivity contribution in [1.82, 2.24) is 0 Å². The summed E-state index contributed by atoms with van der Waals surface area (Å²) in [5.74, 6) is 27.9. The van der Waals surface area contributed by atoms with Gasteiger partial charge in [-0.15, -0.1) is 6.42 Å². The first-order chi connectivity index (χ1) is 27.6. The van der Waals surface area contributed by atoms with E-state index < -0.39 is 83.5 Å². The lowest BCUT2D eigenvalue weighted by Gasteiger charge is -2.43. The lowest BCUT2D eigenvalue weighted by molar-refractivity contribution is -0.216. The zero-order chi connectivity index (χ0) is 43.2. The summed E-state index contributed by atoms with van der Waals surface area (Å²) in [5, 5.41) is 40.9. The molecule has 1 aliphatic carbocycles. The van der Waals surface area contributed by atoms with Gasteiger partial charge in [0.15, 0.2) is 6.10 Å². The Bertz CT molecular complexity index is 1890. The van der Waals surface area contributed by atoms with Crippen molar-refractivity contribution < 1.29 is 95.4 Å². The van der Waals surface area contributed by atoms with Gasteiger partial charge in [0, 0.05) is 30.9 Å². The summed E-state index contributed by atoms with van der Waals surface area (Å²) in [6.07, 6.45) is 3.80. The van der Waals surface area contributed by atoms with E-state index in [-0.39, 0.29) is 38.5 Å². The number of unbranched alkanes of at least 4 members (excludes halogenated alkanes) is 12. The van der Waals surface area contributed by atoms with Crippen LogP contribution in [0.25, 0.3) is 0 Å². The molecule has 1 aliphatic rings. The molecule has 0 aromatic rings. The molecule has 0 radical (unpaired) electrons. The van der Waals surface area contributed by atoms with Gasteiger partial charge < -0.3 is 44.6 Å². The molecule has 8 atom stereocenters. The van der Waals surface area contributed by atoms with Crippen LogP contribution in [0.4, 0.5) is 0 Å². The quantitative estimate of drug-likeness (QED) is 0.0213. The van der Waals surface area contributed by atoms with Crippen molar-refractivity contribution in [2.75, 3.05) is 13.2 Å². The van der Waals surface area contributed by atoms with Gasteiger partial charge >= 0.3 is 27.6 Å². The van der Waals surface area contributed by atoms with Gasteiger partial charge in [-0.3, -0.25) is 18.4 Å². The minimum absolute atomic E-state index is 0. The third-order valence-corrected chi connectivity index (χ3v) is 9.53. The second kappa shape index (κ2) is 32.1. The van der Waals surface area contributed by atoms with Crippen LogP contribution in [0.15, 0.2) is 0 Å². The van der Waals surface area contributed by atoms with Crippen molar-refractivity contribution in [3.05, 3.63) is 0 Å². The summed E-state index contributed by atoms with van der Waals surface area (Å²) in [7, 11) is -10.8. The highest BCUT2D eigenvalue weighted by atomic mass is 32.1. The summed E-state index contributed by atoms with van der Waals surface area (Å²) < 4.78 is 48.4. The van der Waals surface area contributed by atoms with Crippen LogP contribution in [0.3, 0.4) is 0 Å². The van der Waals surface area contributed by atoms with Crippen molar-refractivity contribution in [2.24, 2.45) is 0 Å². The van der Waals surface area contributed by atoms with Crippen molar-refractivity contribution >= 4 is 41.1 Å². The molecule has 1 saturated carbocycles. The van der Waals surface area contributed by atoms with Gasteiger partial charge in [-0.1, -0.05) is 84.0 Å². The fourth-order valence-corrected chi connectivity index (χ4v) is 6.74. The number of aliphatic hydroxyl groups is 4. The molecule has 7 N–H and O–H groups in total. The highest BCUT2D eigenvalue weighted by Gasteiger charge is 2.54. The molecule has 350 valence electrons. The van der Waals surface area contributed by atoms with E-state index in [0.29, 0.717) is 6.42 Å². The van der Waals surface area contributed by atoms with E-state index in [1.807, 2.05) is 5.92 Å². The first-order valence-corrected chi connectivity index (χ1v) is 21.6. The number of terminal acetylenes is 1. The molecule has 1 fully saturated rings. The van der Waals surface area contributed by atoms with Crippen molar-refractivity contribution in [3.8, 4) is 83.4 Å². The normalized spacial score (nSPS) is 20.5. The summed E-state index contributed by atoms with van der Waals surface area (Å²) in [4.78, 5) is 53.5. The van der Waals surface area contributed by atoms with Gasteiger partial charge in [0.2, 0.25) is 0 Å². The molecule has 0 aliphatic heterocycles. The van der Waals surface area contributed by atoms with Crippen molar-refractivity contribution in [3.63, 3.8) is 0 Å².